The molecule has 0 spiro atoms. The molecule has 3 nitrogen and oxygen atoms in total. The molecule has 3 rings (SSSR count). The predicted octanol–water partition coefficient (Wildman–Crippen LogP) is 4.87. The maximum Gasteiger partial charge on any atom is 0.152 e. The van der Waals surface area contributed by atoms with Gasteiger partial charge in [-0.25, -0.2) is 8.78 Å². The first-order valence-corrected chi connectivity index (χ1v) is 10.7. The first-order chi connectivity index (χ1) is 12.5. The molecule has 8 unspecified atom stereocenters. The summed E-state index contributed by atoms with van der Waals surface area (Å²) in [4.78, 5) is 0. The van der Waals surface area contributed by atoms with E-state index in [-0.39, 0.29) is 11.8 Å². The first kappa shape index (κ1) is 20.5. The Labute approximate surface area is 157 Å². The van der Waals surface area contributed by atoms with E-state index in [1.54, 1.807) is 0 Å². The molecule has 0 N–H and O–H groups in total. The lowest BCUT2D eigenvalue weighted by Crippen LogP contribution is -2.45. The lowest BCUT2D eigenvalue weighted by molar-refractivity contribution is -0.133. The minimum atomic E-state index is -1.14. The average Bonchev–Trinajstić information content (AvgIpc) is 3.00. The molecule has 2 saturated carbocycles. The normalized spacial score (nSPS) is 42.7. The highest BCUT2D eigenvalue weighted by Gasteiger charge is 2.57. The van der Waals surface area contributed by atoms with Crippen molar-refractivity contribution in [2.75, 3.05) is 13.2 Å². The molecule has 0 bridgehead atoms. The molecule has 2 aliphatic carbocycles. The van der Waals surface area contributed by atoms with Gasteiger partial charge in [-0.05, 0) is 62.7 Å². The SMILES string of the molecule is CCCOC1CCC2C3CCC(OCCCC(C)C)C(F)C3OC2C1F. The van der Waals surface area contributed by atoms with Crippen LogP contribution in [0.15, 0.2) is 0 Å². The molecule has 1 saturated heterocycles. The second-order valence-electron chi connectivity index (χ2n) is 8.79. The Morgan fingerprint density at radius 3 is 1.92 bits per heavy atom. The van der Waals surface area contributed by atoms with Crippen molar-refractivity contribution in [1.82, 2.24) is 0 Å². The van der Waals surface area contributed by atoms with Crippen molar-refractivity contribution in [1.29, 1.82) is 0 Å². The van der Waals surface area contributed by atoms with Crippen LogP contribution >= 0.6 is 0 Å². The Morgan fingerprint density at radius 1 is 0.885 bits per heavy atom. The van der Waals surface area contributed by atoms with E-state index in [1.165, 1.54) is 0 Å². The van der Waals surface area contributed by atoms with Gasteiger partial charge in [-0.2, -0.15) is 0 Å². The van der Waals surface area contributed by atoms with Crippen LogP contribution in [0.1, 0.15) is 65.7 Å². The molecule has 0 aromatic rings. The molecule has 0 aromatic heterocycles. The highest BCUT2D eigenvalue weighted by molar-refractivity contribution is 5.04. The van der Waals surface area contributed by atoms with Crippen molar-refractivity contribution < 1.29 is 23.0 Å². The van der Waals surface area contributed by atoms with E-state index in [1.807, 2.05) is 6.92 Å². The topological polar surface area (TPSA) is 27.7 Å². The van der Waals surface area contributed by atoms with Gasteiger partial charge in [0.25, 0.3) is 0 Å². The standard InChI is InChI=1S/C21H36F2O3/c1-4-11-24-16-9-7-14-15-8-10-17(25-12-5-6-13(2)3)19(23)21(15)26-20(14)18(16)22/h13-21H,4-12H2,1-3H3. The number of halogens is 2. The van der Waals surface area contributed by atoms with Crippen molar-refractivity contribution in [3.8, 4) is 0 Å². The van der Waals surface area contributed by atoms with E-state index in [0.717, 1.165) is 44.9 Å². The lowest BCUT2D eigenvalue weighted by Gasteiger charge is -2.37. The van der Waals surface area contributed by atoms with E-state index < -0.39 is 36.8 Å². The van der Waals surface area contributed by atoms with Crippen LogP contribution in [0.4, 0.5) is 8.78 Å². The molecule has 1 heterocycles. The second kappa shape index (κ2) is 9.29. The van der Waals surface area contributed by atoms with Crippen LogP contribution in [-0.2, 0) is 14.2 Å². The molecular formula is C21H36F2O3. The zero-order valence-corrected chi connectivity index (χ0v) is 16.5. The monoisotopic (exact) mass is 374 g/mol. The van der Waals surface area contributed by atoms with Gasteiger partial charge in [0.1, 0.15) is 0 Å². The molecule has 5 heteroatoms. The number of ether oxygens (including phenoxy) is 3. The van der Waals surface area contributed by atoms with E-state index in [4.69, 9.17) is 14.2 Å². The zero-order chi connectivity index (χ0) is 18.7. The first-order valence-electron chi connectivity index (χ1n) is 10.7. The Balaban J connectivity index is 1.54. The number of hydrogen-bond donors (Lipinski definition) is 0. The highest BCUT2D eigenvalue weighted by atomic mass is 19.1. The van der Waals surface area contributed by atoms with Crippen LogP contribution < -0.4 is 0 Å². The molecule has 0 aromatic carbocycles. The molecule has 3 fully saturated rings. The predicted molar refractivity (Wildman–Crippen MR) is 97.7 cm³/mol. The molecule has 152 valence electrons. The summed E-state index contributed by atoms with van der Waals surface area (Å²) < 4.78 is 47.4. The van der Waals surface area contributed by atoms with E-state index in [2.05, 4.69) is 13.8 Å². The van der Waals surface area contributed by atoms with Crippen molar-refractivity contribution in [3.05, 3.63) is 0 Å². The minimum absolute atomic E-state index is 0.135. The summed E-state index contributed by atoms with van der Waals surface area (Å²) in [7, 11) is 0. The van der Waals surface area contributed by atoms with Crippen LogP contribution in [0, 0.1) is 17.8 Å². The van der Waals surface area contributed by atoms with Gasteiger partial charge in [0.15, 0.2) is 12.3 Å². The van der Waals surface area contributed by atoms with Crippen molar-refractivity contribution in [3.63, 3.8) is 0 Å². The highest BCUT2D eigenvalue weighted by Crippen LogP contribution is 2.49. The van der Waals surface area contributed by atoms with E-state index >= 15 is 4.39 Å². The largest absolute Gasteiger partial charge is 0.375 e. The summed E-state index contributed by atoms with van der Waals surface area (Å²) in [6.07, 6.45) is 2.09. The summed E-state index contributed by atoms with van der Waals surface area (Å²) in [6.45, 7) is 7.57. The van der Waals surface area contributed by atoms with Gasteiger partial charge in [-0.1, -0.05) is 20.8 Å². The molecule has 1 aliphatic heterocycles. The summed E-state index contributed by atoms with van der Waals surface area (Å²) in [5.74, 6) is 0.911. The maximum atomic E-state index is 15.1. The summed E-state index contributed by atoms with van der Waals surface area (Å²) in [5, 5.41) is 0. The fourth-order valence-electron chi connectivity index (χ4n) is 5.05. The smallest absolute Gasteiger partial charge is 0.152 e. The molecular weight excluding hydrogens is 338 g/mol. The third-order valence-corrected chi connectivity index (χ3v) is 6.41. The van der Waals surface area contributed by atoms with Crippen LogP contribution in [-0.4, -0.2) is 50.0 Å². The number of rotatable bonds is 8. The fraction of sp³-hybridized carbons (Fsp3) is 1.00. The molecule has 0 radical (unpaired) electrons. The summed E-state index contributed by atoms with van der Waals surface area (Å²) >= 11 is 0. The Hall–Kier alpha value is -0.260. The van der Waals surface area contributed by atoms with Crippen LogP contribution in [0.25, 0.3) is 0 Å². The minimum Gasteiger partial charge on any atom is -0.375 e. The van der Waals surface area contributed by atoms with Gasteiger partial charge in [-0.15, -0.1) is 0 Å². The van der Waals surface area contributed by atoms with Crippen LogP contribution in [0.3, 0.4) is 0 Å². The Morgan fingerprint density at radius 2 is 1.42 bits per heavy atom. The fourth-order valence-corrected chi connectivity index (χ4v) is 5.05. The molecule has 26 heavy (non-hydrogen) atoms. The molecule has 0 amide bonds. The van der Waals surface area contributed by atoms with E-state index in [9.17, 15) is 4.39 Å². The summed E-state index contributed by atoms with van der Waals surface area (Å²) in [6, 6.07) is 0. The molecule has 8 atom stereocenters. The second-order valence-corrected chi connectivity index (χ2v) is 8.79. The Kier molecular flexibility index (Phi) is 7.32. The van der Waals surface area contributed by atoms with Crippen LogP contribution in [0.2, 0.25) is 0 Å². The molecule has 3 aliphatic rings. The quantitative estimate of drug-likeness (QED) is 0.568. The van der Waals surface area contributed by atoms with Crippen molar-refractivity contribution in [2.45, 2.75) is 102 Å². The van der Waals surface area contributed by atoms with Gasteiger partial charge < -0.3 is 14.2 Å². The third kappa shape index (κ3) is 4.41. The average molecular weight is 375 g/mol. The van der Waals surface area contributed by atoms with Crippen molar-refractivity contribution in [2.24, 2.45) is 17.8 Å². The zero-order valence-electron chi connectivity index (χ0n) is 16.5. The number of alkyl halides is 2. The van der Waals surface area contributed by atoms with Gasteiger partial charge in [0.05, 0.1) is 24.4 Å². The van der Waals surface area contributed by atoms with Crippen molar-refractivity contribution >= 4 is 0 Å². The summed E-state index contributed by atoms with van der Waals surface area (Å²) in [5.41, 5.74) is 0. The van der Waals surface area contributed by atoms with Gasteiger partial charge in [0.2, 0.25) is 0 Å². The maximum absolute atomic E-state index is 15.1. The van der Waals surface area contributed by atoms with Crippen LogP contribution in [0.5, 0.6) is 0 Å². The van der Waals surface area contributed by atoms with Gasteiger partial charge in [0, 0.05) is 13.2 Å². The number of hydrogen-bond acceptors (Lipinski definition) is 3. The Bertz CT molecular complexity index is 433. The third-order valence-electron chi connectivity index (χ3n) is 6.41. The number of fused-ring (bicyclic) bond motifs is 3. The van der Waals surface area contributed by atoms with Gasteiger partial charge >= 0.3 is 0 Å². The van der Waals surface area contributed by atoms with E-state index in [0.29, 0.717) is 19.1 Å². The van der Waals surface area contributed by atoms with Gasteiger partial charge in [-0.3, -0.25) is 0 Å². The lowest BCUT2D eigenvalue weighted by atomic mass is 9.71.